The summed E-state index contributed by atoms with van der Waals surface area (Å²) in [6.45, 7) is 4.59. The summed E-state index contributed by atoms with van der Waals surface area (Å²) in [7, 11) is 0. The first kappa shape index (κ1) is 16.4. The molecule has 0 spiro atoms. The maximum atomic E-state index is 12.2. The van der Waals surface area contributed by atoms with Gasteiger partial charge in [-0.3, -0.25) is 9.89 Å². The van der Waals surface area contributed by atoms with Crippen molar-refractivity contribution in [2.45, 2.75) is 32.6 Å². The number of rotatable bonds is 6. The first-order valence-corrected chi connectivity index (χ1v) is 8.60. The predicted molar refractivity (Wildman–Crippen MR) is 91.9 cm³/mol. The van der Waals surface area contributed by atoms with Crippen molar-refractivity contribution in [2.75, 3.05) is 24.5 Å². The lowest BCUT2D eigenvalue weighted by Gasteiger charge is -2.32. The van der Waals surface area contributed by atoms with Gasteiger partial charge in [0, 0.05) is 37.7 Å². The van der Waals surface area contributed by atoms with Crippen molar-refractivity contribution in [3.63, 3.8) is 0 Å². The molecule has 1 aliphatic rings. The number of piperidine rings is 1. The van der Waals surface area contributed by atoms with Crippen LogP contribution in [0.25, 0.3) is 0 Å². The van der Waals surface area contributed by atoms with Gasteiger partial charge < -0.3 is 10.2 Å². The van der Waals surface area contributed by atoms with Gasteiger partial charge in [-0.25, -0.2) is 9.97 Å². The normalized spacial score (nSPS) is 17.7. The highest BCUT2D eigenvalue weighted by molar-refractivity contribution is 5.92. The van der Waals surface area contributed by atoms with Crippen LogP contribution in [-0.4, -0.2) is 45.7 Å². The first-order valence-electron chi connectivity index (χ1n) is 8.60. The highest BCUT2D eigenvalue weighted by atomic mass is 16.1. The highest BCUT2D eigenvalue weighted by Gasteiger charge is 2.22. The minimum Gasteiger partial charge on any atom is -0.350 e. The molecule has 1 atom stereocenters. The Labute approximate surface area is 141 Å². The van der Waals surface area contributed by atoms with Crippen LogP contribution in [0, 0.1) is 5.92 Å². The topological polar surface area (TPSA) is 86.8 Å². The number of carbonyl (C=O) groups is 1. The SMILES string of the molecule is CCCc1cc(C(=O)NC[C@H]2CCCN(c3ncccn3)C2)n[nH]1. The van der Waals surface area contributed by atoms with Gasteiger partial charge in [-0.15, -0.1) is 0 Å². The van der Waals surface area contributed by atoms with Crippen molar-refractivity contribution in [1.82, 2.24) is 25.5 Å². The van der Waals surface area contributed by atoms with Crippen LogP contribution in [0.2, 0.25) is 0 Å². The number of H-pyrrole nitrogens is 1. The third-order valence-corrected chi connectivity index (χ3v) is 4.29. The standard InChI is InChI=1S/C17H24N6O/c1-2-5-14-10-15(22-21-14)16(24)20-11-13-6-3-9-23(12-13)17-18-7-4-8-19-17/h4,7-8,10,13H,2-3,5-6,9,11-12H2,1H3,(H,20,24)(H,21,22)/t13-/m1/s1. The number of amides is 1. The van der Waals surface area contributed by atoms with Crippen molar-refractivity contribution in [3.05, 3.63) is 35.9 Å². The third kappa shape index (κ3) is 4.10. The molecular weight excluding hydrogens is 304 g/mol. The van der Waals surface area contributed by atoms with Crippen LogP contribution in [0.1, 0.15) is 42.4 Å². The smallest absolute Gasteiger partial charge is 0.271 e. The predicted octanol–water partition coefficient (Wildman–Crippen LogP) is 1.80. The fraction of sp³-hybridized carbons (Fsp3) is 0.529. The zero-order valence-electron chi connectivity index (χ0n) is 14.0. The minimum atomic E-state index is -0.110. The Hall–Kier alpha value is -2.44. The van der Waals surface area contributed by atoms with Crippen LogP contribution in [0.5, 0.6) is 0 Å². The fourth-order valence-corrected chi connectivity index (χ4v) is 3.07. The molecule has 7 heteroatoms. The van der Waals surface area contributed by atoms with E-state index >= 15 is 0 Å². The summed E-state index contributed by atoms with van der Waals surface area (Å²) < 4.78 is 0. The van der Waals surface area contributed by atoms with Crippen LogP contribution >= 0.6 is 0 Å². The molecule has 3 rings (SSSR count). The second-order valence-corrected chi connectivity index (χ2v) is 6.24. The van der Waals surface area contributed by atoms with Crippen molar-refractivity contribution >= 4 is 11.9 Å². The average Bonchev–Trinajstić information content (AvgIpc) is 3.10. The van der Waals surface area contributed by atoms with Gasteiger partial charge in [0.05, 0.1) is 0 Å². The largest absolute Gasteiger partial charge is 0.350 e. The van der Waals surface area contributed by atoms with Gasteiger partial charge in [0.15, 0.2) is 0 Å². The quantitative estimate of drug-likeness (QED) is 0.844. The maximum absolute atomic E-state index is 12.2. The van der Waals surface area contributed by atoms with E-state index in [4.69, 9.17) is 0 Å². The number of nitrogens with zero attached hydrogens (tertiary/aromatic N) is 4. The van der Waals surface area contributed by atoms with Gasteiger partial charge in [-0.1, -0.05) is 13.3 Å². The van der Waals surface area contributed by atoms with Crippen molar-refractivity contribution in [2.24, 2.45) is 5.92 Å². The van der Waals surface area contributed by atoms with Gasteiger partial charge in [-0.05, 0) is 37.3 Å². The molecule has 24 heavy (non-hydrogen) atoms. The Kier molecular flexibility index (Phi) is 5.40. The summed E-state index contributed by atoms with van der Waals surface area (Å²) in [4.78, 5) is 23.0. The number of aromatic amines is 1. The lowest BCUT2D eigenvalue weighted by Crippen LogP contribution is -2.41. The number of hydrogen-bond acceptors (Lipinski definition) is 5. The van der Waals surface area contributed by atoms with E-state index in [9.17, 15) is 4.79 Å². The monoisotopic (exact) mass is 328 g/mol. The van der Waals surface area contributed by atoms with E-state index in [1.807, 2.05) is 12.1 Å². The maximum Gasteiger partial charge on any atom is 0.271 e. The number of anilines is 1. The van der Waals surface area contributed by atoms with E-state index in [0.717, 1.165) is 50.4 Å². The molecule has 7 nitrogen and oxygen atoms in total. The van der Waals surface area contributed by atoms with Gasteiger partial charge in [0.1, 0.15) is 5.69 Å². The summed E-state index contributed by atoms with van der Waals surface area (Å²) >= 11 is 0. The number of aromatic nitrogens is 4. The van der Waals surface area contributed by atoms with Crippen LogP contribution in [0.4, 0.5) is 5.95 Å². The van der Waals surface area contributed by atoms with E-state index in [2.05, 4.69) is 37.3 Å². The molecule has 1 fully saturated rings. The Morgan fingerprint density at radius 1 is 1.42 bits per heavy atom. The summed E-state index contributed by atoms with van der Waals surface area (Å²) in [5.41, 5.74) is 1.48. The van der Waals surface area contributed by atoms with E-state index < -0.39 is 0 Å². The first-order chi connectivity index (χ1) is 11.8. The lowest BCUT2D eigenvalue weighted by molar-refractivity contribution is 0.0940. The second kappa shape index (κ2) is 7.90. The molecular formula is C17H24N6O. The Bertz CT molecular complexity index is 656. The molecule has 1 saturated heterocycles. The Balaban J connectivity index is 1.51. The molecule has 2 aromatic rings. The van der Waals surface area contributed by atoms with Crippen molar-refractivity contribution in [3.8, 4) is 0 Å². The van der Waals surface area contributed by atoms with Crippen LogP contribution < -0.4 is 10.2 Å². The van der Waals surface area contributed by atoms with E-state index in [-0.39, 0.29) is 5.91 Å². The molecule has 1 amide bonds. The number of nitrogens with one attached hydrogen (secondary N) is 2. The summed E-state index contributed by atoms with van der Waals surface area (Å²) in [5, 5.41) is 10.0. The number of hydrogen-bond donors (Lipinski definition) is 2. The van der Waals surface area contributed by atoms with E-state index in [0.29, 0.717) is 18.2 Å². The van der Waals surface area contributed by atoms with E-state index in [1.165, 1.54) is 0 Å². The lowest BCUT2D eigenvalue weighted by atomic mass is 9.98. The van der Waals surface area contributed by atoms with Crippen molar-refractivity contribution < 1.29 is 4.79 Å². The molecule has 3 heterocycles. The summed E-state index contributed by atoms with van der Waals surface area (Å²) in [6.07, 6.45) is 7.66. The molecule has 0 bridgehead atoms. The van der Waals surface area contributed by atoms with Crippen LogP contribution in [-0.2, 0) is 6.42 Å². The molecule has 0 radical (unpaired) electrons. The summed E-state index contributed by atoms with van der Waals surface area (Å²) in [6, 6.07) is 3.66. The molecule has 128 valence electrons. The van der Waals surface area contributed by atoms with Crippen molar-refractivity contribution in [1.29, 1.82) is 0 Å². The molecule has 2 aromatic heterocycles. The molecule has 1 aliphatic heterocycles. The Morgan fingerprint density at radius 3 is 3.04 bits per heavy atom. The van der Waals surface area contributed by atoms with E-state index in [1.54, 1.807) is 12.4 Å². The summed E-state index contributed by atoms with van der Waals surface area (Å²) in [5.74, 6) is 1.06. The zero-order chi connectivity index (χ0) is 16.8. The van der Waals surface area contributed by atoms with Gasteiger partial charge in [-0.2, -0.15) is 5.10 Å². The number of aryl methyl sites for hydroxylation is 1. The fourth-order valence-electron chi connectivity index (χ4n) is 3.07. The minimum absolute atomic E-state index is 0.110. The third-order valence-electron chi connectivity index (χ3n) is 4.29. The average molecular weight is 328 g/mol. The van der Waals surface area contributed by atoms with Crippen LogP contribution in [0.15, 0.2) is 24.5 Å². The van der Waals surface area contributed by atoms with Gasteiger partial charge in [0.2, 0.25) is 5.95 Å². The Morgan fingerprint density at radius 2 is 2.25 bits per heavy atom. The molecule has 0 saturated carbocycles. The zero-order valence-corrected chi connectivity index (χ0v) is 14.0. The van der Waals surface area contributed by atoms with Crippen LogP contribution in [0.3, 0.4) is 0 Å². The van der Waals surface area contributed by atoms with Gasteiger partial charge in [0.25, 0.3) is 5.91 Å². The highest BCUT2D eigenvalue weighted by Crippen LogP contribution is 2.19. The molecule has 0 aliphatic carbocycles. The molecule has 0 aromatic carbocycles. The molecule has 0 unspecified atom stereocenters. The second-order valence-electron chi connectivity index (χ2n) is 6.24. The van der Waals surface area contributed by atoms with Gasteiger partial charge >= 0.3 is 0 Å². The number of carbonyl (C=O) groups excluding carboxylic acids is 1. The molecule has 2 N–H and O–H groups in total.